The van der Waals surface area contributed by atoms with E-state index in [4.69, 9.17) is 4.74 Å². The molecule has 0 saturated carbocycles. The molecule has 2 rings (SSSR count). The normalized spacial score (nSPS) is 11.3. The van der Waals surface area contributed by atoms with E-state index in [2.05, 4.69) is 58.6 Å². The first-order valence-electron chi connectivity index (χ1n) is 6.84. The van der Waals surface area contributed by atoms with Gasteiger partial charge < -0.3 is 10.1 Å². The molecule has 1 heterocycles. The summed E-state index contributed by atoms with van der Waals surface area (Å²) in [5.74, 6) is 2.36. The molecule has 112 valence electrons. The highest BCUT2D eigenvalue weighted by Gasteiger charge is 2.22. The summed E-state index contributed by atoms with van der Waals surface area (Å²) in [5.41, 5.74) is 1.00. The summed E-state index contributed by atoms with van der Waals surface area (Å²) < 4.78 is 6.81. The smallest absolute Gasteiger partial charge is 0.168 e. The van der Waals surface area contributed by atoms with Crippen molar-refractivity contribution in [1.82, 2.24) is 9.97 Å². The van der Waals surface area contributed by atoms with E-state index in [-0.39, 0.29) is 5.41 Å². The van der Waals surface area contributed by atoms with Gasteiger partial charge in [0.1, 0.15) is 18.2 Å². The SMILES string of the molecule is CNc1nc(COc2ccccc2)nc(C(C)(C)C)c1I. The number of aromatic nitrogens is 2. The highest BCUT2D eigenvalue weighted by molar-refractivity contribution is 14.1. The van der Waals surface area contributed by atoms with Gasteiger partial charge in [-0.05, 0) is 34.7 Å². The Morgan fingerprint density at radius 1 is 1.14 bits per heavy atom. The molecule has 1 aromatic carbocycles. The van der Waals surface area contributed by atoms with E-state index >= 15 is 0 Å². The molecule has 0 aliphatic rings. The number of anilines is 1. The highest BCUT2D eigenvalue weighted by Crippen LogP contribution is 2.29. The standard InChI is InChI=1S/C16H20IN3O/c1-16(2,3)14-13(17)15(18-4)20-12(19-14)10-21-11-8-6-5-7-9-11/h5-9H,10H2,1-4H3,(H,18,19,20). The van der Waals surface area contributed by atoms with Gasteiger partial charge in [-0.25, -0.2) is 9.97 Å². The molecular weight excluding hydrogens is 377 g/mol. The maximum atomic E-state index is 5.74. The van der Waals surface area contributed by atoms with Gasteiger partial charge in [0.2, 0.25) is 0 Å². The van der Waals surface area contributed by atoms with Crippen molar-refractivity contribution in [2.45, 2.75) is 32.8 Å². The molecule has 5 heteroatoms. The van der Waals surface area contributed by atoms with E-state index < -0.39 is 0 Å². The molecule has 4 nitrogen and oxygen atoms in total. The molecule has 0 bridgehead atoms. The van der Waals surface area contributed by atoms with Gasteiger partial charge in [-0.2, -0.15) is 0 Å². The summed E-state index contributed by atoms with van der Waals surface area (Å²) in [6, 6.07) is 9.71. The highest BCUT2D eigenvalue weighted by atomic mass is 127. The van der Waals surface area contributed by atoms with Crippen molar-refractivity contribution in [3.8, 4) is 5.75 Å². The van der Waals surface area contributed by atoms with Crippen LogP contribution in [0.2, 0.25) is 0 Å². The van der Waals surface area contributed by atoms with Gasteiger partial charge in [0.05, 0.1) is 9.26 Å². The topological polar surface area (TPSA) is 47.0 Å². The van der Waals surface area contributed by atoms with Crippen LogP contribution in [0.5, 0.6) is 5.75 Å². The van der Waals surface area contributed by atoms with Gasteiger partial charge in [-0.15, -0.1) is 0 Å². The molecule has 0 aliphatic heterocycles. The second-order valence-electron chi connectivity index (χ2n) is 5.75. The van der Waals surface area contributed by atoms with Crippen molar-refractivity contribution in [2.75, 3.05) is 12.4 Å². The molecule has 0 atom stereocenters. The third-order valence-corrected chi connectivity index (χ3v) is 3.98. The number of halogens is 1. The summed E-state index contributed by atoms with van der Waals surface area (Å²) in [6.07, 6.45) is 0. The van der Waals surface area contributed by atoms with E-state index in [0.29, 0.717) is 12.4 Å². The minimum atomic E-state index is -0.0352. The van der Waals surface area contributed by atoms with Crippen molar-refractivity contribution >= 4 is 28.4 Å². The van der Waals surface area contributed by atoms with E-state index in [0.717, 1.165) is 20.8 Å². The van der Waals surface area contributed by atoms with Crippen LogP contribution in [0.25, 0.3) is 0 Å². The predicted octanol–water partition coefficient (Wildman–Crippen LogP) is 4.00. The number of hydrogen-bond donors (Lipinski definition) is 1. The van der Waals surface area contributed by atoms with Crippen LogP contribution in [0.3, 0.4) is 0 Å². The van der Waals surface area contributed by atoms with Crippen LogP contribution in [-0.2, 0) is 12.0 Å². The van der Waals surface area contributed by atoms with E-state index in [1.54, 1.807) is 0 Å². The number of ether oxygens (including phenoxy) is 1. The van der Waals surface area contributed by atoms with Crippen molar-refractivity contribution in [3.05, 3.63) is 45.4 Å². The van der Waals surface area contributed by atoms with E-state index in [9.17, 15) is 0 Å². The van der Waals surface area contributed by atoms with E-state index in [1.165, 1.54) is 0 Å². The Morgan fingerprint density at radius 3 is 2.38 bits per heavy atom. The molecule has 0 unspecified atom stereocenters. The Morgan fingerprint density at radius 2 is 1.81 bits per heavy atom. The molecule has 21 heavy (non-hydrogen) atoms. The molecule has 0 amide bonds. The Balaban J connectivity index is 2.27. The van der Waals surface area contributed by atoms with Gasteiger partial charge in [-0.3, -0.25) is 0 Å². The number of hydrogen-bond acceptors (Lipinski definition) is 4. The Kier molecular flexibility index (Phi) is 5.03. The predicted molar refractivity (Wildman–Crippen MR) is 93.8 cm³/mol. The molecule has 2 aromatic rings. The zero-order chi connectivity index (χ0) is 15.5. The lowest BCUT2D eigenvalue weighted by Crippen LogP contribution is -2.20. The second-order valence-corrected chi connectivity index (χ2v) is 6.83. The molecule has 0 saturated heterocycles. The monoisotopic (exact) mass is 397 g/mol. The number of nitrogens with zero attached hydrogens (tertiary/aromatic N) is 2. The summed E-state index contributed by atoms with van der Waals surface area (Å²) in [4.78, 5) is 9.21. The Labute approximate surface area is 139 Å². The lowest BCUT2D eigenvalue weighted by Gasteiger charge is -2.21. The van der Waals surface area contributed by atoms with Gasteiger partial charge in [0.25, 0.3) is 0 Å². The van der Waals surface area contributed by atoms with Gasteiger partial charge in [0.15, 0.2) is 5.82 Å². The van der Waals surface area contributed by atoms with Crippen molar-refractivity contribution in [1.29, 1.82) is 0 Å². The number of rotatable bonds is 4. The Bertz CT molecular complexity index is 609. The molecule has 0 aliphatic carbocycles. The van der Waals surface area contributed by atoms with Gasteiger partial charge in [0, 0.05) is 12.5 Å². The van der Waals surface area contributed by atoms with Crippen molar-refractivity contribution in [3.63, 3.8) is 0 Å². The summed E-state index contributed by atoms with van der Waals surface area (Å²) >= 11 is 2.29. The first-order chi connectivity index (χ1) is 9.91. The zero-order valence-corrected chi connectivity index (χ0v) is 14.9. The van der Waals surface area contributed by atoms with Crippen LogP contribution in [-0.4, -0.2) is 17.0 Å². The molecule has 1 N–H and O–H groups in total. The molecule has 1 aromatic heterocycles. The quantitative estimate of drug-likeness (QED) is 0.793. The van der Waals surface area contributed by atoms with Crippen LogP contribution in [0.1, 0.15) is 32.3 Å². The zero-order valence-electron chi connectivity index (χ0n) is 12.8. The average Bonchev–Trinajstić information content (AvgIpc) is 2.46. The fraction of sp³-hybridized carbons (Fsp3) is 0.375. The fourth-order valence-electron chi connectivity index (χ4n) is 1.89. The average molecular weight is 397 g/mol. The maximum Gasteiger partial charge on any atom is 0.168 e. The number of nitrogens with one attached hydrogen (secondary N) is 1. The first kappa shape index (κ1) is 16.0. The van der Waals surface area contributed by atoms with Crippen LogP contribution < -0.4 is 10.1 Å². The largest absolute Gasteiger partial charge is 0.486 e. The van der Waals surface area contributed by atoms with Gasteiger partial charge >= 0.3 is 0 Å². The fourth-order valence-corrected chi connectivity index (χ4v) is 3.21. The van der Waals surface area contributed by atoms with Crippen molar-refractivity contribution in [2.24, 2.45) is 0 Å². The van der Waals surface area contributed by atoms with Crippen LogP contribution in [0, 0.1) is 3.57 Å². The van der Waals surface area contributed by atoms with Crippen molar-refractivity contribution < 1.29 is 4.74 Å². The first-order valence-corrected chi connectivity index (χ1v) is 7.92. The van der Waals surface area contributed by atoms with Crippen LogP contribution in [0.4, 0.5) is 5.82 Å². The minimum Gasteiger partial charge on any atom is -0.486 e. The van der Waals surface area contributed by atoms with Gasteiger partial charge in [-0.1, -0.05) is 39.0 Å². The third kappa shape index (κ3) is 4.06. The maximum absolute atomic E-state index is 5.74. The lowest BCUT2D eigenvalue weighted by atomic mass is 9.92. The molecule has 0 radical (unpaired) electrons. The minimum absolute atomic E-state index is 0.0352. The van der Waals surface area contributed by atoms with Crippen LogP contribution >= 0.6 is 22.6 Å². The number of para-hydroxylation sites is 1. The lowest BCUT2D eigenvalue weighted by molar-refractivity contribution is 0.294. The summed E-state index contributed by atoms with van der Waals surface area (Å²) in [6.45, 7) is 6.81. The van der Waals surface area contributed by atoms with E-state index in [1.807, 2.05) is 37.4 Å². The Hall–Kier alpha value is -1.37. The van der Waals surface area contributed by atoms with Crippen LogP contribution in [0.15, 0.2) is 30.3 Å². The molecule has 0 spiro atoms. The molecular formula is C16H20IN3O. The summed E-state index contributed by atoms with van der Waals surface area (Å²) in [7, 11) is 1.87. The summed E-state index contributed by atoms with van der Waals surface area (Å²) in [5, 5.41) is 3.13. The molecule has 0 fully saturated rings. The number of benzene rings is 1. The second kappa shape index (κ2) is 6.60. The third-order valence-electron chi connectivity index (χ3n) is 2.96.